The van der Waals surface area contributed by atoms with Crippen LogP contribution in [0.15, 0.2) is 200 Å². The molecule has 2 aromatic heterocycles. The third-order valence-corrected chi connectivity index (χ3v) is 11.4. The van der Waals surface area contributed by atoms with Crippen molar-refractivity contribution >= 4 is 31.5 Å². The lowest BCUT2D eigenvalue weighted by molar-refractivity contribution is 1.07. The molecule has 8 aromatic carbocycles. The highest BCUT2D eigenvalue weighted by atomic mass is 32.1. The van der Waals surface area contributed by atoms with Crippen molar-refractivity contribution in [1.29, 1.82) is 0 Å². The van der Waals surface area contributed by atoms with Crippen molar-refractivity contribution in [3.05, 3.63) is 200 Å². The normalized spacial score (nSPS) is 11.3. The number of nitrogens with zero attached hydrogens (tertiary/aromatic N) is 3. The Bertz CT molecular complexity index is 2950. The van der Waals surface area contributed by atoms with Crippen LogP contribution < -0.4 is 0 Å². The van der Waals surface area contributed by atoms with Gasteiger partial charge in [-0.1, -0.05) is 188 Å². The van der Waals surface area contributed by atoms with Gasteiger partial charge < -0.3 is 0 Å². The third kappa shape index (κ3) is 6.19. The van der Waals surface area contributed by atoms with Crippen LogP contribution in [0, 0.1) is 0 Å². The Morgan fingerprint density at radius 1 is 0.255 bits per heavy atom. The molecule has 0 amide bonds. The number of hydrogen-bond donors (Lipinski definition) is 0. The molecule has 10 rings (SSSR count). The van der Waals surface area contributed by atoms with Crippen LogP contribution in [0.5, 0.6) is 0 Å². The van der Waals surface area contributed by atoms with Crippen molar-refractivity contribution in [3.63, 3.8) is 0 Å². The van der Waals surface area contributed by atoms with E-state index in [-0.39, 0.29) is 0 Å². The molecule has 0 aliphatic rings. The number of fused-ring (bicyclic) bond motifs is 3. The first-order chi connectivity index (χ1) is 27.3. The Labute approximate surface area is 323 Å². The van der Waals surface area contributed by atoms with Gasteiger partial charge in [-0.15, -0.1) is 11.3 Å². The topological polar surface area (TPSA) is 38.7 Å². The Morgan fingerprint density at radius 3 is 1.29 bits per heavy atom. The minimum absolute atomic E-state index is 0.628. The molecule has 0 saturated heterocycles. The molecule has 0 aliphatic carbocycles. The van der Waals surface area contributed by atoms with Gasteiger partial charge in [-0.05, 0) is 56.6 Å². The zero-order valence-electron chi connectivity index (χ0n) is 29.8. The SMILES string of the molecule is c1ccc(-c2ccc(-c3ccccc3-c3nc(-c4ccc(-c5cccc6sc7ccccc7c56)cc4)nc(-c4ccccc4-c4ccccc4)n3)cc2)cc1. The van der Waals surface area contributed by atoms with E-state index in [9.17, 15) is 0 Å². The van der Waals surface area contributed by atoms with E-state index in [0.717, 1.165) is 44.5 Å². The van der Waals surface area contributed by atoms with E-state index in [1.54, 1.807) is 0 Å². The van der Waals surface area contributed by atoms with Crippen molar-refractivity contribution in [2.75, 3.05) is 0 Å². The maximum absolute atomic E-state index is 5.24. The van der Waals surface area contributed by atoms with Crippen LogP contribution in [0.25, 0.3) is 98.8 Å². The van der Waals surface area contributed by atoms with Crippen LogP contribution in [-0.2, 0) is 0 Å². The lowest BCUT2D eigenvalue weighted by atomic mass is 9.96. The number of hydrogen-bond acceptors (Lipinski definition) is 4. The van der Waals surface area contributed by atoms with Crippen LogP contribution in [0.4, 0.5) is 0 Å². The monoisotopic (exact) mass is 719 g/mol. The van der Waals surface area contributed by atoms with Crippen LogP contribution in [0.1, 0.15) is 0 Å². The van der Waals surface area contributed by atoms with Gasteiger partial charge in [-0.3, -0.25) is 0 Å². The van der Waals surface area contributed by atoms with Gasteiger partial charge in [-0.25, -0.2) is 15.0 Å². The highest BCUT2D eigenvalue weighted by Crippen LogP contribution is 2.41. The standard InChI is InChI=1S/C51H33N3S/c1-3-14-34(15-4-1)35-26-28-37(29-27-35)41-19-8-10-21-44(41)51-53-49(52-50(54-51)43-20-9-7-18-40(43)36-16-5-2-6-17-36)39-32-30-38(31-33-39)42-23-13-25-47-48(42)45-22-11-12-24-46(45)55-47/h1-33H. The summed E-state index contributed by atoms with van der Waals surface area (Å²) in [5.41, 5.74) is 11.9. The first-order valence-corrected chi connectivity index (χ1v) is 19.3. The maximum Gasteiger partial charge on any atom is 0.164 e. The van der Waals surface area contributed by atoms with Gasteiger partial charge in [0.25, 0.3) is 0 Å². The summed E-state index contributed by atoms with van der Waals surface area (Å²) >= 11 is 1.84. The Balaban J connectivity index is 1.11. The quantitative estimate of drug-likeness (QED) is 0.165. The molecule has 0 atom stereocenters. The summed E-state index contributed by atoms with van der Waals surface area (Å²) < 4.78 is 2.59. The smallest absolute Gasteiger partial charge is 0.164 e. The fraction of sp³-hybridized carbons (Fsp3) is 0. The molecule has 0 fully saturated rings. The molecule has 0 bridgehead atoms. The summed E-state index contributed by atoms with van der Waals surface area (Å²) in [6.07, 6.45) is 0. The first-order valence-electron chi connectivity index (χ1n) is 18.4. The highest BCUT2D eigenvalue weighted by molar-refractivity contribution is 7.25. The number of rotatable bonds is 7. The Kier molecular flexibility index (Phi) is 8.36. The molecule has 258 valence electrons. The van der Waals surface area contributed by atoms with E-state index >= 15 is 0 Å². The summed E-state index contributed by atoms with van der Waals surface area (Å²) in [6.45, 7) is 0. The van der Waals surface area contributed by atoms with E-state index < -0.39 is 0 Å². The van der Waals surface area contributed by atoms with Gasteiger partial charge in [0.1, 0.15) is 0 Å². The molecule has 4 heteroatoms. The lowest BCUT2D eigenvalue weighted by Crippen LogP contribution is -2.02. The van der Waals surface area contributed by atoms with E-state index in [1.165, 1.54) is 36.9 Å². The fourth-order valence-electron chi connectivity index (χ4n) is 7.51. The number of aromatic nitrogens is 3. The fourth-order valence-corrected chi connectivity index (χ4v) is 8.64. The molecule has 10 aromatic rings. The van der Waals surface area contributed by atoms with E-state index in [1.807, 2.05) is 23.5 Å². The summed E-state index contributed by atoms with van der Waals surface area (Å²) in [7, 11) is 0. The van der Waals surface area contributed by atoms with Crippen LogP contribution in [0.3, 0.4) is 0 Å². The number of benzene rings is 8. The van der Waals surface area contributed by atoms with Gasteiger partial charge >= 0.3 is 0 Å². The average Bonchev–Trinajstić information content (AvgIpc) is 3.66. The van der Waals surface area contributed by atoms with E-state index in [2.05, 4.69) is 188 Å². The Morgan fingerprint density at radius 2 is 0.655 bits per heavy atom. The molecule has 2 heterocycles. The minimum atomic E-state index is 0.628. The molecule has 0 radical (unpaired) electrons. The van der Waals surface area contributed by atoms with Gasteiger partial charge in [-0.2, -0.15) is 0 Å². The molecule has 55 heavy (non-hydrogen) atoms. The van der Waals surface area contributed by atoms with Gasteiger partial charge in [0.2, 0.25) is 0 Å². The molecular weight excluding hydrogens is 687 g/mol. The van der Waals surface area contributed by atoms with E-state index in [0.29, 0.717) is 17.5 Å². The van der Waals surface area contributed by atoms with Crippen LogP contribution in [-0.4, -0.2) is 15.0 Å². The molecule has 0 spiro atoms. The van der Waals surface area contributed by atoms with Gasteiger partial charge in [0, 0.05) is 36.9 Å². The second kappa shape index (κ2) is 14.1. The third-order valence-electron chi connectivity index (χ3n) is 10.2. The first kappa shape index (κ1) is 32.6. The summed E-state index contributed by atoms with van der Waals surface area (Å²) in [5, 5.41) is 2.59. The molecular formula is C51H33N3S. The van der Waals surface area contributed by atoms with Crippen molar-refractivity contribution in [1.82, 2.24) is 15.0 Å². The lowest BCUT2D eigenvalue weighted by Gasteiger charge is -2.14. The van der Waals surface area contributed by atoms with Gasteiger partial charge in [0.05, 0.1) is 0 Å². The second-order valence-electron chi connectivity index (χ2n) is 13.6. The largest absolute Gasteiger partial charge is 0.208 e. The highest BCUT2D eigenvalue weighted by Gasteiger charge is 2.18. The summed E-state index contributed by atoms with van der Waals surface area (Å²) in [6, 6.07) is 70.3. The predicted molar refractivity (Wildman–Crippen MR) is 231 cm³/mol. The molecule has 0 aliphatic heterocycles. The van der Waals surface area contributed by atoms with E-state index in [4.69, 9.17) is 15.0 Å². The summed E-state index contributed by atoms with van der Waals surface area (Å²) in [4.78, 5) is 15.7. The average molecular weight is 720 g/mol. The zero-order valence-corrected chi connectivity index (χ0v) is 30.6. The van der Waals surface area contributed by atoms with Crippen molar-refractivity contribution < 1.29 is 0 Å². The molecule has 0 unspecified atom stereocenters. The van der Waals surface area contributed by atoms with Crippen molar-refractivity contribution in [2.24, 2.45) is 0 Å². The predicted octanol–water partition coefficient (Wildman–Crippen LogP) is 13.9. The van der Waals surface area contributed by atoms with Crippen molar-refractivity contribution in [3.8, 4) is 78.7 Å². The molecule has 0 N–H and O–H groups in total. The maximum atomic E-state index is 5.24. The number of thiophene rings is 1. The second-order valence-corrected chi connectivity index (χ2v) is 14.6. The molecule has 0 saturated carbocycles. The summed E-state index contributed by atoms with van der Waals surface area (Å²) in [5.74, 6) is 1.89. The van der Waals surface area contributed by atoms with Crippen LogP contribution in [0.2, 0.25) is 0 Å². The molecule has 3 nitrogen and oxygen atoms in total. The Hall–Kier alpha value is -7.01. The van der Waals surface area contributed by atoms with Crippen LogP contribution >= 0.6 is 11.3 Å². The minimum Gasteiger partial charge on any atom is -0.208 e. The zero-order chi connectivity index (χ0) is 36.6. The van der Waals surface area contributed by atoms with Crippen molar-refractivity contribution in [2.45, 2.75) is 0 Å². The van der Waals surface area contributed by atoms with Gasteiger partial charge in [0.15, 0.2) is 17.5 Å².